The third-order valence-corrected chi connectivity index (χ3v) is 4.04. The molecule has 0 aliphatic rings. The molecule has 0 amide bonds. The zero-order valence-electron chi connectivity index (χ0n) is 10.3. The molecule has 0 aliphatic heterocycles. The van der Waals surface area contributed by atoms with Crippen LogP contribution in [0.5, 0.6) is 11.6 Å². The summed E-state index contributed by atoms with van der Waals surface area (Å²) < 4.78 is 8.06. The van der Waals surface area contributed by atoms with Crippen LogP contribution in [0.15, 0.2) is 34.2 Å². The Morgan fingerprint density at radius 2 is 2.30 bits per heavy atom. The Morgan fingerprint density at radius 1 is 1.50 bits per heavy atom. The Bertz CT molecular complexity index is 809. The molecule has 1 N–H and O–H groups in total. The first-order chi connectivity index (χ1) is 9.56. The number of carbonyl (C=O) groups is 1. The highest BCUT2D eigenvalue weighted by Gasteiger charge is 2.21. The van der Waals surface area contributed by atoms with Gasteiger partial charge in [0.1, 0.15) is 5.75 Å². The summed E-state index contributed by atoms with van der Waals surface area (Å²) in [5.74, 6) is -0.392. The number of nitrogens with zero attached hydrogens (tertiary/aromatic N) is 2. The highest BCUT2D eigenvalue weighted by molar-refractivity contribution is 9.10. The van der Waals surface area contributed by atoms with Crippen LogP contribution in [0.3, 0.4) is 0 Å². The number of hydrogen-bond donors (Lipinski definition) is 1. The van der Waals surface area contributed by atoms with Gasteiger partial charge in [-0.25, -0.2) is 4.79 Å². The lowest BCUT2D eigenvalue weighted by atomic mass is 10.2. The zero-order chi connectivity index (χ0) is 14.3. The van der Waals surface area contributed by atoms with Gasteiger partial charge in [-0.1, -0.05) is 22.0 Å². The molecule has 0 aliphatic carbocycles. The molecule has 0 radical (unpaired) electrons. The SMILES string of the molecule is Cc1ccc(Br)cc1Oc1nc2sccn2c1C(=O)O. The van der Waals surface area contributed by atoms with Crippen molar-refractivity contribution in [1.29, 1.82) is 0 Å². The van der Waals surface area contributed by atoms with Gasteiger partial charge in [0.15, 0.2) is 10.7 Å². The van der Waals surface area contributed by atoms with E-state index >= 15 is 0 Å². The van der Waals surface area contributed by atoms with E-state index in [1.54, 1.807) is 17.6 Å². The monoisotopic (exact) mass is 352 g/mol. The molecule has 102 valence electrons. The summed E-state index contributed by atoms with van der Waals surface area (Å²) in [5.41, 5.74) is 0.932. The number of aromatic nitrogens is 2. The minimum Gasteiger partial charge on any atom is -0.476 e. The highest BCUT2D eigenvalue weighted by Crippen LogP contribution is 2.31. The number of rotatable bonds is 3. The van der Waals surface area contributed by atoms with Crippen molar-refractivity contribution in [3.8, 4) is 11.6 Å². The van der Waals surface area contributed by atoms with Gasteiger partial charge in [0.05, 0.1) is 0 Å². The first kappa shape index (κ1) is 13.1. The summed E-state index contributed by atoms with van der Waals surface area (Å²) in [6.45, 7) is 1.89. The topological polar surface area (TPSA) is 63.8 Å². The van der Waals surface area contributed by atoms with Crippen LogP contribution in [0.1, 0.15) is 16.1 Å². The van der Waals surface area contributed by atoms with E-state index < -0.39 is 5.97 Å². The maximum absolute atomic E-state index is 11.4. The van der Waals surface area contributed by atoms with Crippen molar-refractivity contribution in [2.24, 2.45) is 0 Å². The molecule has 5 nitrogen and oxygen atoms in total. The number of hydrogen-bond acceptors (Lipinski definition) is 4. The lowest BCUT2D eigenvalue weighted by Gasteiger charge is -2.07. The fourth-order valence-corrected chi connectivity index (χ4v) is 2.87. The molecule has 0 unspecified atom stereocenters. The highest BCUT2D eigenvalue weighted by atomic mass is 79.9. The van der Waals surface area contributed by atoms with Crippen LogP contribution in [0.25, 0.3) is 4.96 Å². The number of aromatic carboxylic acids is 1. The quantitative estimate of drug-likeness (QED) is 0.774. The van der Waals surface area contributed by atoms with Gasteiger partial charge >= 0.3 is 5.97 Å². The number of imidazole rings is 1. The summed E-state index contributed by atoms with van der Waals surface area (Å²) in [6, 6.07) is 5.57. The summed E-state index contributed by atoms with van der Waals surface area (Å²) in [7, 11) is 0. The predicted octanol–water partition coefficient (Wildman–Crippen LogP) is 3.96. The van der Waals surface area contributed by atoms with Crippen LogP contribution in [-0.2, 0) is 0 Å². The van der Waals surface area contributed by atoms with Crippen molar-refractivity contribution >= 4 is 38.2 Å². The first-order valence-electron chi connectivity index (χ1n) is 5.69. The van der Waals surface area contributed by atoms with Crippen molar-refractivity contribution < 1.29 is 14.6 Å². The third-order valence-electron chi connectivity index (χ3n) is 2.79. The smallest absolute Gasteiger partial charge is 0.358 e. The summed E-state index contributed by atoms with van der Waals surface area (Å²) in [4.78, 5) is 16.2. The number of benzene rings is 1. The van der Waals surface area contributed by atoms with E-state index in [0.717, 1.165) is 10.0 Å². The second-order valence-electron chi connectivity index (χ2n) is 4.14. The van der Waals surface area contributed by atoms with Crippen molar-refractivity contribution in [1.82, 2.24) is 9.38 Å². The van der Waals surface area contributed by atoms with Crippen LogP contribution in [-0.4, -0.2) is 20.5 Å². The van der Waals surface area contributed by atoms with Crippen molar-refractivity contribution in [3.63, 3.8) is 0 Å². The second kappa shape index (κ2) is 4.92. The van der Waals surface area contributed by atoms with Crippen molar-refractivity contribution in [3.05, 3.63) is 45.5 Å². The van der Waals surface area contributed by atoms with Gasteiger partial charge in [-0.3, -0.25) is 4.40 Å². The normalized spacial score (nSPS) is 10.9. The molecule has 0 fully saturated rings. The lowest BCUT2D eigenvalue weighted by Crippen LogP contribution is -2.03. The first-order valence-corrected chi connectivity index (χ1v) is 7.36. The van der Waals surface area contributed by atoms with E-state index in [2.05, 4.69) is 20.9 Å². The molecule has 7 heteroatoms. The molecule has 2 aromatic heterocycles. The molecular weight excluding hydrogens is 344 g/mol. The zero-order valence-corrected chi connectivity index (χ0v) is 12.7. The maximum atomic E-state index is 11.4. The van der Waals surface area contributed by atoms with E-state index in [-0.39, 0.29) is 11.6 Å². The maximum Gasteiger partial charge on any atom is 0.358 e. The number of aryl methyl sites for hydroxylation is 1. The molecule has 0 saturated carbocycles. The lowest BCUT2D eigenvalue weighted by molar-refractivity contribution is 0.0686. The van der Waals surface area contributed by atoms with Crippen molar-refractivity contribution in [2.75, 3.05) is 0 Å². The van der Waals surface area contributed by atoms with Gasteiger partial charge in [-0.05, 0) is 24.6 Å². The van der Waals surface area contributed by atoms with Crippen LogP contribution in [0.4, 0.5) is 0 Å². The number of carboxylic acid groups (broad SMARTS) is 1. The Balaban J connectivity index is 2.10. The molecule has 0 bridgehead atoms. The molecule has 20 heavy (non-hydrogen) atoms. The fraction of sp³-hybridized carbons (Fsp3) is 0.0769. The summed E-state index contributed by atoms with van der Waals surface area (Å²) in [6.07, 6.45) is 1.66. The third kappa shape index (κ3) is 2.19. The van der Waals surface area contributed by atoms with E-state index in [0.29, 0.717) is 10.7 Å². The van der Waals surface area contributed by atoms with E-state index in [9.17, 15) is 9.90 Å². The average Bonchev–Trinajstić information content (AvgIpc) is 2.93. The number of thiazole rings is 1. The molecular formula is C13H9BrN2O3S. The van der Waals surface area contributed by atoms with Crippen LogP contribution >= 0.6 is 27.3 Å². The molecule has 0 saturated heterocycles. The van der Waals surface area contributed by atoms with E-state index in [4.69, 9.17) is 4.74 Å². The second-order valence-corrected chi connectivity index (χ2v) is 5.93. The van der Waals surface area contributed by atoms with Gasteiger partial charge < -0.3 is 9.84 Å². The minimum absolute atomic E-state index is 0.0284. The molecule has 0 atom stereocenters. The van der Waals surface area contributed by atoms with Gasteiger partial charge in [0.25, 0.3) is 5.88 Å². The fourth-order valence-electron chi connectivity index (χ4n) is 1.82. The Hall–Kier alpha value is -1.86. The minimum atomic E-state index is -1.07. The number of carboxylic acids is 1. The predicted molar refractivity (Wildman–Crippen MR) is 79.0 cm³/mol. The molecule has 2 heterocycles. The van der Waals surface area contributed by atoms with Gasteiger partial charge in [-0.2, -0.15) is 4.98 Å². The largest absolute Gasteiger partial charge is 0.476 e. The number of fused-ring (bicyclic) bond motifs is 1. The van der Waals surface area contributed by atoms with Gasteiger partial charge in [0, 0.05) is 16.0 Å². The molecule has 3 rings (SSSR count). The molecule has 3 aromatic rings. The summed E-state index contributed by atoms with van der Waals surface area (Å²) >= 11 is 4.72. The molecule has 1 aromatic carbocycles. The van der Waals surface area contributed by atoms with E-state index in [1.807, 2.05) is 19.1 Å². The standard InChI is InChI=1S/C13H9BrN2O3S/c1-7-2-3-8(14)6-9(7)19-11-10(12(17)18)16-4-5-20-13(16)15-11/h2-6H,1H3,(H,17,18). The Morgan fingerprint density at radius 3 is 3.05 bits per heavy atom. The number of halogens is 1. The average molecular weight is 353 g/mol. The Labute approximate surface area is 126 Å². The van der Waals surface area contributed by atoms with Crippen LogP contribution in [0.2, 0.25) is 0 Å². The summed E-state index contributed by atoms with van der Waals surface area (Å²) in [5, 5.41) is 11.1. The van der Waals surface area contributed by atoms with E-state index in [1.165, 1.54) is 15.7 Å². The van der Waals surface area contributed by atoms with Crippen LogP contribution in [0, 0.1) is 6.92 Å². The Kier molecular flexibility index (Phi) is 3.23. The number of ether oxygens (including phenoxy) is 1. The molecule has 0 spiro atoms. The van der Waals surface area contributed by atoms with Gasteiger partial charge in [-0.15, -0.1) is 11.3 Å². The van der Waals surface area contributed by atoms with Gasteiger partial charge in [0.2, 0.25) is 0 Å². The van der Waals surface area contributed by atoms with Crippen LogP contribution < -0.4 is 4.74 Å². The van der Waals surface area contributed by atoms with Crippen molar-refractivity contribution in [2.45, 2.75) is 6.92 Å².